The van der Waals surface area contributed by atoms with Crippen molar-refractivity contribution in [2.24, 2.45) is 0 Å². The van der Waals surface area contributed by atoms with Crippen LogP contribution in [0.3, 0.4) is 0 Å². The van der Waals surface area contributed by atoms with Gasteiger partial charge in [0.2, 0.25) is 0 Å². The number of thiazole rings is 1. The Kier molecular flexibility index (Phi) is 3.54. The Bertz CT molecular complexity index is 450. The highest BCUT2D eigenvalue weighted by atomic mass is 32.1. The highest BCUT2D eigenvalue weighted by Crippen LogP contribution is 2.25. The van der Waals surface area contributed by atoms with Gasteiger partial charge in [-0.3, -0.25) is 0 Å². The number of rotatable bonds is 4. The molecule has 0 aliphatic heterocycles. The molecule has 1 aromatic heterocycles. The number of nitrogens with zero attached hydrogens (tertiary/aromatic N) is 1. The predicted molar refractivity (Wildman–Crippen MR) is 66.6 cm³/mol. The van der Waals surface area contributed by atoms with E-state index in [1.54, 1.807) is 23.5 Å². The smallest absolute Gasteiger partial charge is 0.123 e. The first-order valence-electron chi connectivity index (χ1n) is 5.24. The summed E-state index contributed by atoms with van der Waals surface area (Å²) in [6.07, 6.45) is 0. The number of phenols is 1. The molecule has 0 amide bonds. The van der Waals surface area contributed by atoms with Crippen molar-refractivity contribution in [1.82, 2.24) is 10.3 Å². The van der Waals surface area contributed by atoms with Crippen molar-refractivity contribution in [2.45, 2.75) is 13.5 Å². The van der Waals surface area contributed by atoms with Crippen LogP contribution in [-0.4, -0.2) is 16.6 Å². The Balaban J connectivity index is 2.15. The normalized spacial score (nSPS) is 10.6. The monoisotopic (exact) mass is 234 g/mol. The highest BCUT2D eigenvalue weighted by molar-refractivity contribution is 7.13. The van der Waals surface area contributed by atoms with Crippen molar-refractivity contribution in [1.29, 1.82) is 0 Å². The quantitative estimate of drug-likeness (QED) is 0.854. The lowest BCUT2D eigenvalue weighted by atomic mass is 10.2. The van der Waals surface area contributed by atoms with Gasteiger partial charge in [0.05, 0.1) is 5.69 Å². The summed E-state index contributed by atoms with van der Waals surface area (Å²) in [7, 11) is 0. The van der Waals surface area contributed by atoms with Gasteiger partial charge >= 0.3 is 0 Å². The zero-order chi connectivity index (χ0) is 11.4. The van der Waals surface area contributed by atoms with Gasteiger partial charge in [-0.2, -0.15) is 0 Å². The van der Waals surface area contributed by atoms with E-state index < -0.39 is 0 Å². The van der Waals surface area contributed by atoms with E-state index in [4.69, 9.17) is 0 Å². The molecule has 0 saturated heterocycles. The maximum atomic E-state index is 9.20. The number of phenolic OH excluding ortho intramolecular Hbond substituents is 1. The molecule has 0 spiro atoms. The van der Waals surface area contributed by atoms with E-state index in [1.807, 2.05) is 12.1 Å². The van der Waals surface area contributed by atoms with Crippen LogP contribution in [0.4, 0.5) is 0 Å². The first-order chi connectivity index (χ1) is 7.79. The van der Waals surface area contributed by atoms with Crippen LogP contribution in [0.25, 0.3) is 10.6 Å². The van der Waals surface area contributed by atoms with Crippen LogP contribution in [0, 0.1) is 0 Å². The van der Waals surface area contributed by atoms with Crippen molar-refractivity contribution in [2.75, 3.05) is 6.54 Å². The third kappa shape index (κ3) is 2.59. The third-order valence-electron chi connectivity index (χ3n) is 2.22. The van der Waals surface area contributed by atoms with E-state index in [9.17, 15) is 5.11 Å². The summed E-state index contributed by atoms with van der Waals surface area (Å²) in [6.45, 7) is 3.84. The SMILES string of the molecule is CCNCc1csc(-c2ccc(O)cc2)n1. The van der Waals surface area contributed by atoms with E-state index >= 15 is 0 Å². The maximum absolute atomic E-state index is 9.20. The molecule has 0 fully saturated rings. The second-order valence-corrected chi connectivity index (χ2v) is 4.33. The van der Waals surface area contributed by atoms with E-state index in [2.05, 4.69) is 22.6 Å². The predicted octanol–water partition coefficient (Wildman–Crippen LogP) is 2.63. The topological polar surface area (TPSA) is 45.1 Å². The summed E-state index contributed by atoms with van der Waals surface area (Å²) >= 11 is 1.63. The van der Waals surface area contributed by atoms with Crippen LogP contribution < -0.4 is 5.32 Å². The number of benzene rings is 1. The van der Waals surface area contributed by atoms with E-state index in [0.29, 0.717) is 0 Å². The molecule has 0 saturated carbocycles. The molecule has 0 unspecified atom stereocenters. The third-order valence-corrected chi connectivity index (χ3v) is 3.16. The van der Waals surface area contributed by atoms with Gasteiger partial charge in [-0.1, -0.05) is 6.92 Å². The molecule has 0 aliphatic carbocycles. The summed E-state index contributed by atoms with van der Waals surface area (Å²) in [6, 6.07) is 7.12. The van der Waals surface area contributed by atoms with E-state index in [-0.39, 0.29) is 5.75 Å². The first-order valence-corrected chi connectivity index (χ1v) is 6.12. The van der Waals surface area contributed by atoms with Crippen LogP contribution in [0.15, 0.2) is 29.6 Å². The molecule has 2 N–H and O–H groups in total. The van der Waals surface area contributed by atoms with Crippen LogP contribution in [0.5, 0.6) is 5.75 Å². The lowest BCUT2D eigenvalue weighted by Crippen LogP contribution is -2.11. The van der Waals surface area contributed by atoms with Crippen molar-refractivity contribution in [3.8, 4) is 16.3 Å². The fraction of sp³-hybridized carbons (Fsp3) is 0.250. The van der Waals surface area contributed by atoms with Crippen LogP contribution in [0.2, 0.25) is 0 Å². The molecule has 4 heteroatoms. The summed E-state index contributed by atoms with van der Waals surface area (Å²) in [5.41, 5.74) is 2.11. The van der Waals surface area contributed by atoms with E-state index in [0.717, 1.165) is 29.4 Å². The van der Waals surface area contributed by atoms with Crippen molar-refractivity contribution < 1.29 is 5.11 Å². The van der Waals surface area contributed by atoms with Gasteiger partial charge in [0.1, 0.15) is 10.8 Å². The number of hydrogen-bond acceptors (Lipinski definition) is 4. The van der Waals surface area contributed by atoms with Crippen LogP contribution in [-0.2, 0) is 6.54 Å². The molecule has 0 aliphatic rings. The van der Waals surface area contributed by atoms with Crippen molar-refractivity contribution >= 4 is 11.3 Å². The van der Waals surface area contributed by atoms with Crippen LogP contribution >= 0.6 is 11.3 Å². The van der Waals surface area contributed by atoms with E-state index in [1.165, 1.54) is 0 Å². The number of aromatic nitrogens is 1. The minimum Gasteiger partial charge on any atom is -0.508 e. The molecular weight excluding hydrogens is 220 g/mol. The summed E-state index contributed by atoms with van der Waals surface area (Å²) in [5, 5.41) is 15.5. The number of nitrogens with one attached hydrogen (secondary N) is 1. The molecule has 1 heterocycles. The molecule has 84 valence electrons. The fourth-order valence-corrected chi connectivity index (χ4v) is 2.20. The Morgan fingerprint density at radius 1 is 1.31 bits per heavy atom. The minimum atomic E-state index is 0.285. The van der Waals surface area contributed by atoms with Gasteiger partial charge in [0, 0.05) is 17.5 Å². The first kappa shape index (κ1) is 11.1. The Labute approximate surface area is 98.8 Å². The zero-order valence-corrected chi connectivity index (χ0v) is 9.92. The van der Waals surface area contributed by atoms with Gasteiger partial charge in [-0.15, -0.1) is 11.3 Å². The Morgan fingerprint density at radius 2 is 2.06 bits per heavy atom. The lowest BCUT2D eigenvalue weighted by molar-refractivity contribution is 0.475. The van der Waals surface area contributed by atoms with Gasteiger partial charge < -0.3 is 10.4 Å². The molecule has 2 rings (SSSR count). The van der Waals surface area contributed by atoms with Crippen molar-refractivity contribution in [3.05, 3.63) is 35.3 Å². The molecule has 1 aromatic carbocycles. The standard InChI is InChI=1S/C12H14N2OS/c1-2-13-7-10-8-16-12(14-10)9-3-5-11(15)6-4-9/h3-6,8,13,15H,2,7H2,1H3. The molecule has 0 radical (unpaired) electrons. The summed E-state index contributed by atoms with van der Waals surface area (Å²) < 4.78 is 0. The Hall–Kier alpha value is -1.39. The lowest BCUT2D eigenvalue weighted by Gasteiger charge is -1.97. The second-order valence-electron chi connectivity index (χ2n) is 3.47. The maximum Gasteiger partial charge on any atom is 0.123 e. The number of hydrogen-bond donors (Lipinski definition) is 2. The molecular formula is C12H14N2OS. The minimum absolute atomic E-state index is 0.285. The van der Waals surface area contributed by atoms with Crippen LogP contribution in [0.1, 0.15) is 12.6 Å². The summed E-state index contributed by atoms with van der Waals surface area (Å²) in [5.74, 6) is 0.285. The molecule has 0 bridgehead atoms. The number of aromatic hydroxyl groups is 1. The zero-order valence-electron chi connectivity index (χ0n) is 9.10. The summed E-state index contributed by atoms with van der Waals surface area (Å²) in [4.78, 5) is 4.52. The van der Waals surface area contributed by atoms with Crippen molar-refractivity contribution in [3.63, 3.8) is 0 Å². The average Bonchev–Trinajstić information content (AvgIpc) is 2.76. The average molecular weight is 234 g/mol. The van der Waals surface area contributed by atoms with Gasteiger partial charge in [-0.05, 0) is 30.8 Å². The largest absolute Gasteiger partial charge is 0.508 e. The molecule has 2 aromatic rings. The molecule has 3 nitrogen and oxygen atoms in total. The van der Waals surface area contributed by atoms with Gasteiger partial charge in [0.15, 0.2) is 0 Å². The highest BCUT2D eigenvalue weighted by Gasteiger charge is 2.03. The Morgan fingerprint density at radius 3 is 2.75 bits per heavy atom. The fourth-order valence-electron chi connectivity index (χ4n) is 1.38. The molecule has 16 heavy (non-hydrogen) atoms. The second kappa shape index (κ2) is 5.09. The van der Waals surface area contributed by atoms with Gasteiger partial charge in [-0.25, -0.2) is 4.98 Å². The van der Waals surface area contributed by atoms with Gasteiger partial charge in [0.25, 0.3) is 0 Å². The molecule has 0 atom stereocenters.